The number of hydrogen-bond acceptors (Lipinski definition) is 4. The minimum Gasteiger partial charge on any atom is -0.508 e. The van der Waals surface area contributed by atoms with E-state index in [1.54, 1.807) is 28.8 Å². The minimum absolute atomic E-state index is 0.103. The molecule has 3 N–H and O–H groups in total. The SMILES string of the molecule is CC(C)CC(CNC(=O)Cc1cn2c(C(=O)NCC3CCCCC3)cccc2n1)c1ccc(O)cc1. The molecule has 0 radical (unpaired) electrons. The third-order valence-electron chi connectivity index (χ3n) is 7.06. The van der Waals surface area contributed by atoms with Gasteiger partial charge in [-0.2, -0.15) is 0 Å². The van der Waals surface area contributed by atoms with Crippen LogP contribution in [0.4, 0.5) is 0 Å². The normalized spacial score (nSPS) is 15.2. The van der Waals surface area contributed by atoms with Crippen LogP contribution in [0.15, 0.2) is 48.7 Å². The molecule has 36 heavy (non-hydrogen) atoms. The first kappa shape index (κ1) is 25.7. The molecule has 7 heteroatoms. The van der Waals surface area contributed by atoms with E-state index in [1.165, 1.54) is 32.1 Å². The molecule has 1 aromatic carbocycles. The third-order valence-corrected chi connectivity index (χ3v) is 7.06. The summed E-state index contributed by atoms with van der Waals surface area (Å²) in [6.07, 6.45) is 9.01. The molecular formula is C29H38N4O3. The fourth-order valence-corrected chi connectivity index (χ4v) is 5.17. The van der Waals surface area contributed by atoms with Gasteiger partial charge in [0.25, 0.3) is 5.91 Å². The number of amides is 2. The van der Waals surface area contributed by atoms with Gasteiger partial charge in [-0.15, -0.1) is 0 Å². The van der Waals surface area contributed by atoms with Crippen LogP contribution < -0.4 is 10.6 Å². The maximum Gasteiger partial charge on any atom is 0.268 e. The summed E-state index contributed by atoms with van der Waals surface area (Å²) >= 11 is 0. The van der Waals surface area contributed by atoms with Gasteiger partial charge in [0.15, 0.2) is 0 Å². The zero-order valence-electron chi connectivity index (χ0n) is 21.4. The Morgan fingerprint density at radius 2 is 1.81 bits per heavy atom. The van der Waals surface area contributed by atoms with Crippen LogP contribution in [0.25, 0.3) is 5.65 Å². The summed E-state index contributed by atoms with van der Waals surface area (Å²) in [5.74, 6) is 1.22. The predicted molar refractivity (Wildman–Crippen MR) is 141 cm³/mol. The molecule has 4 rings (SSSR count). The predicted octanol–water partition coefficient (Wildman–Crippen LogP) is 4.84. The summed E-state index contributed by atoms with van der Waals surface area (Å²) in [5.41, 5.74) is 2.92. The highest BCUT2D eigenvalue weighted by molar-refractivity contribution is 5.93. The Morgan fingerprint density at radius 3 is 2.53 bits per heavy atom. The maximum absolute atomic E-state index is 12.9. The van der Waals surface area contributed by atoms with Crippen molar-refractivity contribution in [3.8, 4) is 5.75 Å². The smallest absolute Gasteiger partial charge is 0.268 e. The monoisotopic (exact) mass is 490 g/mol. The Balaban J connectivity index is 1.37. The summed E-state index contributed by atoms with van der Waals surface area (Å²) in [5, 5.41) is 15.8. The number of carbonyl (C=O) groups is 2. The van der Waals surface area contributed by atoms with Crippen LogP contribution >= 0.6 is 0 Å². The van der Waals surface area contributed by atoms with Crippen LogP contribution in [-0.2, 0) is 11.2 Å². The lowest BCUT2D eigenvalue weighted by Crippen LogP contribution is -2.31. The molecule has 0 bridgehead atoms. The third kappa shape index (κ3) is 6.86. The number of pyridine rings is 1. The van der Waals surface area contributed by atoms with Crippen LogP contribution in [-0.4, -0.2) is 39.4 Å². The number of aromatic nitrogens is 2. The van der Waals surface area contributed by atoms with Crippen molar-refractivity contribution in [1.29, 1.82) is 0 Å². The molecule has 7 nitrogen and oxygen atoms in total. The summed E-state index contributed by atoms with van der Waals surface area (Å²) in [6.45, 7) is 5.55. The van der Waals surface area contributed by atoms with Crippen molar-refractivity contribution in [1.82, 2.24) is 20.0 Å². The molecule has 1 atom stereocenters. The van der Waals surface area contributed by atoms with E-state index in [4.69, 9.17) is 0 Å². The molecule has 1 fully saturated rings. The molecule has 1 saturated carbocycles. The standard InChI is InChI=1S/C29H38N4O3/c1-20(2)15-23(22-11-13-25(34)14-12-22)18-30-28(35)16-24-19-33-26(9-6-10-27(33)32-24)29(36)31-17-21-7-4-3-5-8-21/h6,9-14,19-21,23,34H,3-5,7-8,15-18H2,1-2H3,(H,30,35)(H,31,36). The lowest BCUT2D eigenvalue weighted by Gasteiger charge is -2.21. The number of nitrogens with zero attached hydrogens (tertiary/aromatic N) is 2. The van der Waals surface area contributed by atoms with Crippen LogP contribution in [0.3, 0.4) is 0 Å². The lowest BCUT2D eigenvalue weighted by atomic mass is 9.89. The molecule has 1 aliphatic carbocycles. The Labute approximate surface area is 213 Å². The number of hydrogen-bond donors (Lipinski definition) is 3. The van der Waals surface area contributed by atoms with Gasteiger partial charge in [-0.05, 0) is 60.9 Å². The highest BCUT2D eigenvalue weighted by Gasteiger charge is 2.18. The summed E-state index contributed by atoms with van der Waals surface area (Å²) in [7, 11) is 0. The van der Waals surface area contributed by atoms with Crippen molar-refractivity contribution < 1.29 is 14.7 Å². The van der Waals surface area contributed by atoms with E-state index < -0.39 is 0 Å². The molecule has 3 aromatic rings. The van der Waals surface area contributed by atoms with E-state index in [9.17, 15) is 14.7 Å². The molecule has 2 amide bonds. The van der Waals surface area contributed by atoms with Crippen molar-refractivity contribution in [2.24, 2.45) is 11.8 Å². The zero-order chi connectivity index (χ0) is 25.5. The zero-order valence-corrected chi connectivity index (χ0v) is 21.4. The van der Waals surface area contributed by atoms with Gasteiger partial charge in [0.05, 0.1) is 12.1 Å². The average Bonchev–Trinajstić information content (AvgIpc) is 3.28. The summed E-state index contributed by atoms with van der Waals surface area (Å²) < 4.78 is 1.77. The second-order valence-electron chi connectivity index (χ2n) is 10.5. The molecule has 1 aliphatic rings. The summed E-state index contributed by atoms with van der Waals surface area (Å²) in [4.78, 5) is 30.3. The van der Waals surface area contributed by atoms with E-state index in [0.29, 0.717) is 42.0 Å². The van der Waals surface area contributed by atoms with Gasteiger partial charge in [-0.25, -0.2) is 4.98 Å². The van der Waals surface area contributed by atoms with Gasteiger partial charge in [0.2, 0.25) is 5.91 Å². The largest absolute Gasteiger partial charge is 0.508 e. The van der Waals surface area contributed by atoms with Crippen LogP contribution in [0.1, 0.15) is 80.0 Å². The van der Waals surface area contributed by atoms with Gasteiger partial charge in [0, 0.05) is 25.2 Å². The number of phenols is 1. The quantitative estimate of drug-likeness (QED) is 0.379. The van der Waals surface area contributed by atoms with Gasteiger partial charge in [-0.3, -0.25) is 14.0 Å². The van der Waals surface area contributed by atoms with E-state index in [2.05, 4.69) is 29.5 Å². The Morgan fingerprint density at radius 1 is 1.06 bits per heavy atom. The molecule has 192 valence electrons. The molecule has 0 saturated heterocycles. The maximum atomic E-state index is 12.9. The molecule has 2 heterocycles. The van der Waals surface area contributed by atoms with Crippen LogP contribution in [0.2, 0.25) is 0 Å². The van der Waals surface area contributed by atoms with Gasteiger partial charge in [-0.1, -0.05) is 51.3 Å². The molecule has 0 spiro atoms. The lowest BCUT2D eigenvalue weighted by molar-refractivity contribution is -0.120. The minimum atomic E-state index is -0.106. The second-order valence-corrected chi connectivity index (χ2v) is 10.5. The van der Waals surface area contributed by atoms with E-state index >= 15 is 0 Å². The first-order valence-electron chi connectivity index (χ1n) is 13.2. The Bertz CT molecular complexity index is 1160. The summed E-state index contributed by atoms with van der Waals surface area (Å²) in [6, 6.07) is 12.7. The van der Waals surface area contributed by atoms with Crippen molar-refractivity contribution in [2.45, 2.75) is 64.7 Å². The van der Waals surface area contributed by atoms with Gasteiger partial charge in [0.1, 0.15) is 17.1 Å². The second kappa shape index (κ2) is 12.1. The van der Waals surface area contributed by atoms with Gasteiger partial charge >= 0.3 is 0 Å². The highest BCUT2D eigenvalue weighted by atomic mass is 16.3. The fourth-order valence-electron chi connectivity index (χ4n) is 5.17. The van der Waals surface area contributed by atoms with Crippen molar-refractivity contribution in [3.05, 3.63) is 65.6 Å². The number of benzene rings is 1. The topological polar surface area (TPSA) is 95.7 Å². The van der Waals surface area contributed by atoms with E-state index in [0.717, 1.165) is 12.0 Å². The highest BCUT2D eigenvalue weighted by Crippen LogP contribution is 2.25. The number of imidazole rings is 1. The van der Waals surface area contributed by atoms with Crippen LogP contribution in [0, 0.1) is 11.8 Å². The number of fused-ring (bicyclic) bond motifs is 1. The number of nitrogens with one attached hydrogen (secondary N) is 2. The van der Waals surface area contributed by atoms with Crippen molar-refractivity contribution in [3.63, 3.8) is 0 Å². The molecular weight excluding hydrogens is 452 g/mol. The Kier molecular flexibility index (Phi) is 8.62. The molecule has 2 aromatic heterocycles. The number of aromatic hydroxyl groups is 1. The van der Waals surface area contributed by atoms with Crippen molar-refractivity contribution in [2.75, 3.05) is 13.1 Å². The Hall–Kier alpha value is -3.35. The molecule has 0 aliphatic heterocycles. The van der Waals surface area contributed by atoms with E-state index in [1.807, 2.05) is 24.3 Å². The molecule has 1 unspecified atom stereocenters. The number of phenolic OH excluding ortho intramolecular Hbond substituents is 1. The average molecular weight is 491 g/mol. The number of rotatable bonds is 10. The van der Waals surface area contributed by atoms with E-state index in [-0.39, 0.29) is 29.9 Å². The fraction of sp³-hybridized carbons (Fsp3) is 0.483. The number of carbonyl (C=O) groups excluding carboxylic acids is 2. The van der Waals surface area contributed by atoms with Crippen molar-refractivity contribution >= 4 is 17.5 Å². The van der Waals surface area contributed by atoms with Crippen LogP contribution in [0.5, 0.6) is 5.75 Å². The van der Waals surface area contributed by atoms with Gasteiger partial charge < -0.3 is 15.7 Å². The first-order valence-corrected chi connectivity index (χ1v) is 13.2. The first-order chi connectivity index (χ1) is 17.4.